The van der Waals surface area contributed by atoms with Crippen LogP contribution in [0.3, 0.4) is 0 Å². The molecular formula is C44H30. The van der Waals surface area contributed by atoms with Gasteiger partial charge in [-0.25, -0.2) is 0 Å². The normalized spacial score (nSPS) is 15.7. The van der Waals surface area contributed by atoms with Crippen LogP contribution < -0.4 is 0 Å². The maximum Gasteiger partial charge on any atom is 0.0352 e. The molecule has 206 valence electrons. The Kier molecular flexibility index (Phi) is 5.74. The first kappa shape index (κ1) is 25.1. The summed E-state index contributed by atoms with van der Waals surface area (Å²) in [7, 11) is 0. The quantitative estimate of drug-likeness (QED) is 0.201. The summed E-state index contributed by atoms with van der Waals surface area (Å²) in [5, 5.41) is 0. The Morgan fingerprint density at radius 1 is 0.250 bits per heavy atom. The number of hydrogen-bond donors (Lipinski definition) is 0. The topological polar surface area (TPSA) is 0 Å². The first-order valence-corrected chi connectivity index (χ1v) is 15.5. The summed E-state index contributed by atoms with van der Waals surface area (Å²) in [4.78, 5) is 0. The van der Waals surface area contributed by atoms with Crippen LogP contribution in [-0.2, 0) is 0 Å². The lowest BCUT2D eigenvalue weighted by atomic mass is 9.83. The van der Waals surface area contributed by atoms with Gasteiger partial charge in [0.25, 0.3) is 0 Å². The molecule has 0 nitrogen and oxygen atoms in total. The summed E-state index contributed by atoms with van der Waals surface area (Å²) in [6.07, 6.45) is 0. The fourth-order valence-corrected chi connectivity index (χ4v) is 7.68. The minimum atomic E-state index is 0.151. The number of fused-ring (bicyclic) bond motifs is 6. The standard InChI is InChI=1S/C44H30/c1-4-14-29(15-5-1)32-24-33(30-16-6-2-7-17-30)26-34(25-32)44-38-23-13-11-21-36(38)40-27-39-35-20-10-12-22-37(35)43(41(39)28-42(40)44)31-18-8-3-9-19-31/h1-28,43-44H. The molecule has 2 aliphatic rings. The first-order chi connectivity index (χ1) is 21.8. The summed E-state index contributed by atoms with van der Waals surface area (Å²) in [5.41, 5.74) is 18.7. The Morgan fingerprint density at radius 3 is 1.20 bits per heavy atom. The van der Waals surface area contributed by atoms with Crippen LogP contribution in [0.1, 0.15) is 45.2 Å². The second-order valence-electron chi connectivity index (χ2n) is 12.1. The highest BCUT2D eigenvalue weighted by atomic mass is 14.4. The smallest absolute Gasteiger partial charge is 0.0352 e. The van der Waals surface area contributed by atoms with Crippen molar-refractivity contribution in [3.63, 3.8) is 0 Å². The van der Waals surface area contributed by atoms with Gasteiger partial charge in [0.1, 0.15) is 0 Å². The maximum atomic E-state index is 2.55. The van der Waals surface area contributed by atoms with Crippen LogP contribution in [0.2, 0.25) is 0 Å². The van der Waals surface area contributed by atoms with Gasteiger partial charge in [-0.3, -0.25) is 0 Å². The summed E-state index contributed by atoms with van der Waals surface area (Å²) < 4.78 is 0. The highest BCUT2D eigenvalue weighted by Crippen LogP contribution is 2.55. The van der Waals surface area contributed by atoms with Crippen LogP contribution in [0.4, 0.5) is 0 Å². The van der Waals surface area contributed by atoms with Gasteiger partial charge >= 0.3 is 0 Å². The average molecular weight is 559 g/mol. The lowest BCUT2D eigenvalue weighted by molar-refractivity contribution is 0.982. The van der Waals surface area contributed by atoms with Gasteiger partial charge in [0.2, 0.25) is 0 Å². The molecule has 0 saturated carbocycles. The third-order valence-electron chi connectivity index (χ3n) is 9.60. The Balaban J connectivity index is 1.29. The van der Waals surface area contributed by atoms with E-state index >= 15 is 0 Å². The minimum Gasteiger partial charge on any atom is -0.0622 e. The second kappa shape index (κ2) is 10.1. The molecule has 0 bridgehead atoms. The molecule has 0 fully saturated rings. The molecule has 0 amide bonds. The number of benzene rings is 7. The Bertz CT molecular complexity index is 2100. The van der Waals surface area contributed by atoms with Crippen LogP contribution >= 0.6 is 0 Å². The van der Waals surface area contributed by atoms with Gasteiger partial charge in [0, 0.05) is 11.8 Å². The molecule has 7 aromatic carbocycles. The number of rotatable bonds is 4. The van der Waals surface area contributed by atoms with E-state index in [2.05, 4.69) is 170 Å². The van der Waals surface area contributed by atoms with E-state index < -0.39 is 0 Å². The van der Waals surface area contributed by atoms with Gasteiger partial charge in [-0.1, -0.05) is 158 Å². The van der Waals surface area contributed by atoms with Crippen molar-refractivity contribution in [3.8, 4) is 44.5 Å². The minimum absolute atomic E-state index is 0.151. The van der Waals surface area contributed by atoms with Crippen molar-refractivity contribution in [2.75, 3.05) is 0 Å². The van der Waals surface area contributed by atoms with Crippen LogP contribution in [-0.4, -0.2) is 0 Å². The average Bonchev–Trinajstić information content (AvgIpc) is 3.60. The van der Waals surface area contributed by atoms with E-state index in [1.165, 1.54) is 77.9 Å². The molecule has 0 saturated heterocycles. The van der Waals surface area contributed by atoms with Gasteiger partial charge in [-0.15, -0.1) is 0 Å². The van der Waals surface area contributed by atoms with Crippen LogP contribution in [0.15, 0.2) is 170 Å². The molecule has 0 spiro atoms. The van der Waals surface area contributed by atoms with Crippen LogP contribution in [0.5, 0.6) is 0 Å². The molecule has 0 aromatic heterocycles. The summed E-state index contributed by atoms with van der Waals surface area (Å²) in [6, 6.07) is 62.9. The van der Waals surface area contributed by atoms with E-state index in [1.807, 2.05) is 0 Å². The van der Waals surface area contributed by atoms with E-state index in [0.717, 1.165) is 0 Å². The van der Waals surface area contributed by atoms with E-state index in [-0.39, 0.29) is 11.8 Å². The Morgan fingerprint density at radius 2 is 0.682 bits per heavy atom. The number of hydrogen-bond acceptors (Lipinski definition) is 0. The summed E-state index contributed by atoms with van der Waals surface area (Å²) in [6.45, 7) is 0. The molecular weight excluding hydrogens is 528 g/mol. The highest BCUT2D eigenvalue weighted by molar-refractivity contribution is 5.90. The first-order valence-electron chi connectivity index (χ1n) is 15.5. The van der Waals surface area contributed by atoms with Crippen molar-refractivity contribution >= 4 is 0 Å². The molecule has 0 heterocycles. The van der Waals surface area contributed by atoms with Gasteiger partial charge in [0.15, 0.2) is 0 Å². The summed E-state index contributed by atoms with van der Waals surface area (Å²) >= 11 is 0. The third-order valence-corrected chi connectivity index (χ3v) is 9.60. The van der Waals surface area contributed by atoms with Crippen molar-refractivity contribution in [2.45, 2.75) is 11.8 Å². The molecule has 44 heavy (non-hydrogen) atoms. The van der Waals surface area contributed by atoms with Gasteiger partial charge < -0.3 is 0 Å². The van der Waals surface area contributed by atoms with Crippen molar-refractivity contribution in [1.82, 2.24) is 0 Å². The zero-order chi connectivity index (χ0) is 29.0. The van der Waals surface area contributed by atoms with Crippen molar-refractivity contribution in [2.24, 2.45) is 0 Å². The van der Waals surface area contributed by atoms with Gasteiger partial charge in [0.05, 0.1) is 0 Å². The van der Waals surface area contributed by atoms with Crippen molar-refractivity contribution < 1.29 is 0 Å². The molecule has 2 atom stereocenters. The lowest BCUT2D eigenvalue weighted by Gasteiger charge is -2.20. The van der Waals surface area contributed by atoms with E-state index in [4.69, 9.17) is 0 Å². The zero-order valence-electron chi connectivity index (χ0n) is 24.3. The molecule has 9 rings (SSSR count). The molecule has 0 aliphatic heterocycles. The molecule has 2 aliphatic carbocycles. The second-order valence-corrected chi connectivity index (χ2v) is 12.1. The Labute approximate surface area is 258 Å². The molecule has 0 heteroatoms. The fraction of sp³-hybridized carbons (Fsp3) is 0.0455. The molecule has 0 radical (unpaired) electrons. The predicted molar refractivity (Wildman–Crippen MR) is 183 cm³/mol. The molecule has 2 unspecified atom stereocenters. The molecule has 7 aromatic rings. The monoisotopic (exact) mass is 558 g/mol. The van der Waals surface area contributed by atoms with E-state index in [1.54, 1.807) is 0 Å². The van der Waals surface area contributed by atoms with Gasteiger partial charge in [-0.05, 0) is 90.0 Å². The highest BCUT2D eigenvalue weighted by Gasteiger charge is 2.36. The van der Waals surface area contributed by atoms with Gasteiger partial charge in [-0.2, -0.15) is 0 Å². The van der Waals surface area contributed by atoms with Crippen LogP contribution in [0, 0.1) is 0 Å². The van der Waals surface area contributed by atoms with Crippen molar-refractivity contribution in [3.05, 3.63) is 203 Å². The fourth-order valence-electron chi connectivity index (χ4n) is 7.68. The van der Waals surface area contributed by atoms with E-state index in [9.17, 15) is 0 Å². The van der Waals surface area contributed by atoms with Crippen molar-refractivity contribution in [1.29, 1.82) is 0 Å². The maximum absolute atomic E-state index is 2.55. The zero-order valence-corrected chi connectivity index (χ0v) is 24.3. The summed E-state index contributed by atoms with van der Waals surface area (Å²) in [5.74, 6) is 0.380. The molecule has 0 N–H and O–H groups in total. The predicted octanol–water partition coefficient (Wildman–Crippen LogP) is 11.3. The van der Waals surface area contributed by atoms with E-state index in [0.29, 0.717) is 0 Å². The lowest BCUT2D eigenvalue weighted by Crippen LogP contribution is -2.03. The Hall–Kier alpha value is -5.46. The van der Waals surface area contributed by atoms with Crippen LogP contribution in [0.25, 0.3) is 44.5 Å². The third kappa shape index (κ3) is 3.92. The largest absolute Gasteiger partial charge is 0.0622 e. The SMILES string of the molecule is c1ccc(-c2cc(-c3ccccc3)cc(C3c4ccccc4-c4cc5c(cc43)C(c3ccccc3)c3ccccc3-5)c2)cc1.